The lowest BCUT2D eigenvalue weighted by molar-refractivity contribution is 0.0726. The van der Waals surface area contributed by atoms with Gasteiger partial charge in [-0.25, -0.2) is 4.39 Å². The van der Waals surface area contributed by atoms with Crippen molar-refractivity contribution in [2.75, 3.05) is 0 Å². The molecule has 1 aromatic heterocycles. The lowest BCUT2D eigenvalue weighted by Crippen LogP contribution is -2.31. The quantitative estimate of drug-likeness (QED) is 0.273. The second-order valence-electron chi connectivity index (χ2n) is 8.46. The van der Waals surface area contributed by atoms with Crippen LogP contribution in [0, 0.1) is 5.82 Å². The molecule has 1 amide bonds. The Kier molecular flexibility index (Phi) is 6.21. The molecule has 34 heavy (non-hydrogen) atoms. The normalized spacial score (nSPS) is 11.0. The standard InChI is InChI=1S/C30H25FN2O/c31-28-16-12-24(13-17-28)20-32-18-6-11-29(32)22-33(21-23-7-2-1-3-8-23)30(34)27-15-14-25-9-4-5-10-26(25)19-27/h1-19H,20-22H2. The van der Waals surface area contributed by atoms with Crippen molar-refractivity contribution in [1.82, 2.24) is 9.47 Å². The Morgan fingerprint density at radius 3 is 2.24 bits per heavy atom. The molecule has 5 aromatic rings. The van der Waals surface area contributed by atoms with E-state index in [1.54, 1.807) is 12.1 Å². The summed E-state index contributed by atoms with van der Waals surface area (Å²) in [7, 11) is 0. The Hall–Kier alpha value is -4.18. The Bertz CT molecular complexity index is 1410. The van der Waals surface area contributed by atoms with Crippen molar-refractivity contribution in [1.29, 1.82) is 0 Å². The molecule has 0 fully saturated rings. The summed E-state index contributed by atoms with van der Waals surface area (Å²) >= 11 is 0. The van der Waals surface area contributed by atoms with Crippen molar-refractivity contribution in [2.24, 2.45) is 0 Å². The Morgan fingerprint density at radius 1 is 0.706 bits per heavy atom. The molecule has 0 aliphatic heterocycles. The fourth-order valence-corrected chi connectivity index (χ4v) is 4.24. The summed E-state index contributed by atoms with van der Waals surface area (Å²) in [4.78, 5) is 15.6. The molecule has 1 heterocycles. The molecule has 5 rings (SSSR count). The first kappa shape index (κ1) is 21.7. The van der Waals surface area contributed by atoms with Crippen molar-refractivity contribution in [2.45, 2.75) is 19.6 Å². The van der Waals surface area contributed by atoms with Crippen LogP contribution in [0.3, 0.4) is 0 Å². The number of benzene rings is 4. The molecule has 4 aromatic carbocycles. The summed E-state index contributed by atoms with van der Waals surface area (Å²) in [5.74, 6) is -0.254. The number of fused-ring (bicyclic) bond motifs is 1. The zero-order chi connectivity index (χ0) is 23.3. The van der Waals surface area contributed by atoms with E-state index in [4.69, 9.17) is 0 Å². The first-order chi connectivity index (χ1) is 16.7. The number of carbonyl (C=O) groups excluding carboxylic acids is 1. The summed E-state index contributed by atoms with van der Waals surface area (Å²) in [5, 5.41) is 2.16. The van der Waals surface area contributed by atoms with E-state index in [2.05, 4.69) is 4.57 Å². The number of nitrogens with zero attached hydrogens (tertiary/aromatic N) is 2. The zero-order valence-electron chi connectivity index (χ0n) is 18.8. The molecule has 3 nitrogen and oxygen atoms in total. The SMILES string of the molecule is O=C(c1ccc2ccccc2c1)N(Cc1ccccc1)Cc1cccn1Cc1ccc(F)cc1. The predicted octanol–water partition coefficient (Wildman–Crippen LogP) is 6.67. The fraction of sp³-hybridized carbons (Fsp3) is 0.100. The van der Waals surface area contributed by atoms with Gasteiger partial charge in [0.25, 0.3) is 5.91 Å². The Balaban J connectivity index is 1.44. The molecule has 0 unspecified atom stereocenters. The van der Waals surface area contributed by atoms with Gasteiger partial charge in [-0.05, 0) is 58.3 Å². The maximum absolute atomic E-state index is 13.7. The van der Waals surface area contributed by atoms with Crippen LogP contribution in [0.4, 0.5) is 4.39 Å². The Labute approximate surface area is 198 Å². The maximum Gasteiger partial charge on any atom is 0.254 e. The van der Waals surface area contributed by atoms with Gasteiger partial charge in [-0.3, -0.25) is 4.79 Å². The van der Waals surface area contributed by atoms with Gasteiger partial charge in [0.15, 0.2) is 0 Å². The number of halogens is 1. The highest BCUT2D eigenvalue weighted by molar-refractivity contribution is 5.98. The first-order valence-electron chi connectivity index (χ1n) is 11.4. The van der Waals surface area contributed by atoms with E-state index < -0.39 is 0 Å². The average molecular weight is 449 g/mol. The van der Waals surface area contributed by atoms with Crippen LogP contribution in [0.5, 0.6) is 0 Å². The molecule has 168 valence electrons. The van der Waals surface area contributed by atoms with Crippen molar-refractivity contribution >= 4 is 16.7 Å². The molecule has 0 atom stereocenters. The third-order valence-corrected chi connectivity index (χ3v) is 6.04. The second kappa shape index (κ2) is 9.75. The van der Waals surface area contributed by atoms with Crippen LogP contribution in [0.15, 0.2) is 115 Å². The van der Waals surface area contributed by atoms with E-state index in [-0.39, 0.29) is 11.7 Å². The van der Waals surface area contributed by atoms with E-state index >= 15 is 0 Å². The minimum absolute atomic E-state index is 0.0101. The largest absolute Gasteiger partial charge is 0.345 e. The molecular formula is C30H25FN2O. The number of hydrogen-bond acceptors (Lipinski definition) is 1. The smallest absolute Gasteiger partial charge is 0.254 e. The molecule has 0 radical (unpaired) electrons. The molecule has 0 N–H and O–H groups in total. The van der Waals surface area contributed by atoms with Crippen LogP contribution < -0.4 is 0 Å². The van der Waals surface area contributed by atoms with Gasteiger partial charge in [0.2, 0.25) is 0 Å². The number of rotatable bonds is 7. The summed E-state index contributed by atoms with van der Waals surface area (Å²) < 4.78 is 15.4. The predicted molar refractivity (Wildman–Crippen MR) is 134 cm³/mol. The summed E-state index contributed by atoms with van der Waals surface area (Å²) in [6.45, 7) is 1.59. The van der Waals surface area contributed by atoms with Crippen LogP contribution in [-0.2, 0) is 19.6 Å². The number of carbonyl (C=O) groups is 1. The van der Waals surface area contributed by atoms with Gasteiger partial charge in [0, 0.05) is 30.5 Å². The van der Waals surface area contributed by atoms with E-state index in [1.807, 2.05) is 96.0 Å². The van der Waals surface area contributed by atoms with Crippen LogP contribution in [0.1, 0.15) is 27.2 Å². The van der Waals surface area contributed by atoms with Crippen molar-refractivity contribution < 1.29 is 9.18 Å². The lowest BCUT2D eigenvalue weighted by Gasteiger charge is -2.24. The highest BCUT2D eigenvalue weighted by Gasteiger charge is 2.19. The molecule has 0 bridgehead atoms. The van der Waals surface area contributed by atoms with E-state index in [0.717, 1.165) is 27.6 Å². The number of aromatic nitrogens is 1. The summed E-state index contributed by atoms with van der Waals surface area (Å²) in [6.07, 6.45) is 2.00. The Morgan fingerprint density at radius 2 is 1.44 bits per heavy atom. The lowest BCUT2D eigenvalue weighted by atomic mass is 10.1. The zero-order valence-corrected chi connectivity index (χ0v) is 18.8. The maximum atomic E-state index is 13.7. The van der Waals surface area contributed by atoms with Crippen LogP contribution in [-0.4, -0.2) is 15.4 Å². The minimum Gasteiger partial charge on any atom is -0.345 e. The van der Waals surface area contributed by atoms with Gasteiger partial charge in [-0.15, -0.1) is 0 Å². The summed E-state index contributed by atoms with van der Waals surface area (Å²) in [5.41, 5.74) is 3.78. The molecule has 0 aliphatic rings. The van der Waals surface area contributed by atoms with E-state index in [0.29, 0.717) is 25.2 Å². The van der Waals surface area contributed by atoms with Crippen molar-refractivity contribution in [3.8, 4) is 0 Å². The monoisotopic (exact) mass is 448 g/mol. The molecule has 0 spiro atoms. The molecule has 4 heteroatoms. The third-order valence-electron chi connectivity index (χ3n) is 6.04. The molecule has 0 saturated heterocycles. The number of hydrogen-bond donors (Lipinski definition) is 0. The van der Waals surface area contributed by atoms with E-state index in [9.17, 15) is 9.18 Å². The van der Waals surface area contributed by atoms with Gasteiger partial charge in [0.1, 0.15) is 5.82 Å². The summed E-state index contributed by atoms with van der Waals surface area (Å²) in [6, 6.07) is 34.5. The first-order valence-corrected chi connectivity index (χ1v) is 11.4. The fourth-order valence-electron chi connectivity index (χ4n) is 4.24. The van der Waals surface area contributed by atoms with Gasteiger partial charge >= 0.3 is 0 Å². The van der Waals surface area contributed by atoms with Gasteiger partial charge in [0.05, 0.1) is 6.54 Å². The molecule has 0 aliphatic carbocycles. The van der Waals surface area contributed by atoms with Crippen LogP contribution in [0.25, 0.3) is 10.8 Å². The minimum atomic E-state index is -0.244. The second-order valence-corrected chi connectivity index (χ2v) is 8.46. The van der Waals surface area contributed by atoms with Gasteiger partial charge in [-0.1, -0.05) is 72.8 Å². The van der Waals surface area contributed by atoms with Gasteiger partial charge < -0.3 is 9.47 Å². The number of amides is 1. The van der Waals surface area contributed by atoms with Gasteiger partial charge in [-0.2, -0.15) is 0 Å². The molecule has 0 saturated carbocycles. The highest BCUT2D eigenvalue weighted by atomic mass is 19.1. The van der Waals surface area contributed by atoms with Crippen molar-refractivity contribution in [3.05, 3.63) is 144 Å². The van der Waals surface area contributed by atoms with E-state index in [1.165, 1.54) is 12.1 Å². The topological polar surface area (TPSA) is 25.2 Å². The molecular weight excluding hydrogens is 423 g/mol. The van der Waals surface area contributed by atoms with Crippen LogP contribution >= 0.6 is 0 Å². The van der Waals surface area contributed by atoms with Crippen molar-refractivity contribution in [3.63, 3.8) is 0 Å². The van der Waals surface area contributed by atoms with Crippen LogP contribution in [0.2, 0.25) is 0 Å². The average Bonchev–Trinajstić information content (AvgIpc) is 3.31. The third kappa shape index (κ3) is 4.91. The highest BCUT2D eigenvalue weighted by Crippen LogP contribution is 2.20.